The number of hydrogen-bond acceptors (Lipinski definition) is 5. The Morgan fingerprint density at radius 2 is 1.73 bits per heavy atom. The first-order valence-corrected chi connectivity index (χ1v) is 10.9. The molecule has 33 heavy (non-hydrogen) atoms. The number of rotatable bonds is 9. The molecular weight excluding hydrogens is 420 g/mol. The molecule has 1 N–H and O–H groups in total. The van der Waals surface area contributed by atoms with Crippen LogP contribution < -0.4 is 24.4 Å². The molecule has 1 aliphatic heterocycles. The van der Waals surface area contributed by atoms with Crippen LogP contribution in [-0.2, 0) is 16.0 Å². The fourth-order valence-corrected chi connectivity index (χ4v) is 3.56. The molecule has 7 heteroatoms. The molecule has 4 rings (SSSR count). The summed E-state index contributed by atoms with van der Waals surface area (Å²) in [5.41, 5.74) is 2.36. The van der Waals surface area contributed by atoms with E-state index in [2.05, 4.69) is 5.32 Å². The minimum absolute atomic E-state index is 0.00339. The maximum atomic E-state index is 12.5. The van der Waals surface area contributed by atoms with Crippen LogP contribution in [0, 0.1) is 0 Å². The Labute approximate surface area is 192 Å². The van der Waals surface area contributed by atoms with Crippen molar-refractivity contribution >= 4 is 23.2 Å². The second kappa shape index (κ2) is 10.5. The SMILES string of the molecule is CCOc1ccc(OCC(=O)Nc2ccc3c(c2)N(CCc2ccccc2)C(=O)CO3)cc1. The molecule has 0 spiro atoms. The lowest BCUT2D eigenvalue weighted by Crippen LogP contribution is -2.40. The summed E-state index contributed by atoms with van der Waals surface area (Å²) in [7, 11) is 0. The number of nitrogens with zero attached hydrogens (tertiary/aromatic N) is 1. The molecule has 0 saturated heterocycles. The van der Waals surface area contributed by atoms with Crippen LogP contribution in [0.3, 0.4) is 0 Å². The molecule has 0 aromatic heterocycles. The lowest BCUT2D eigenvalue weighted by Gasteiger charge is -2.30. The maximum Gasteiger partial charge on any atom is 0.265 e. The average Bonchev–Trinajstić information content (AvgIpc) is 2.84. The minimum atomic E-state index is -0.303. The normalized spacial score (nSPS) is 12.5. The van der Waals surface area contributed by atoms with Crippen molar-refractivity contribution in [1.29, 1.82) is 0 Å². The van der Waals surface area contributed by atoms with Gasteiger partial charge in [-0.05, 0) is 61.4 Å². The zero-order valence-corrected chi connectivity index (χ0v) is 18.5. The van der Waals surface area contributed by atoms with Crippen LogP contribution in [0.25, 0.3) is 0 Å². The quantitative estimate of drug-likeness (QED) is 0.536. The lowest BCUT2D eigenvalue weighted by molar-refractivity contribution is -0.121. The Morgan fingerprint density at radius 3 is 2.45 bits per heavy atom. The molecule has 3 aromatic carbocycles. The van der Waals surface area contributed by atoms with E-state index in [-0.39, 0.29) is 25.0 Å². The number of benzene rings is 3. The second-order valence-corrected chi connectivity index (χ2v) is 7.49. The van der Waals surface area contributed by atoms with Crippen molar-refractivity contribution in [3.8, 4) is 17.2 Å². The molecule has 0 bridgehead atoms. The molecule has 0 aliphatic carbocycles. The standard InChI is InChI=1S/C26H26N2O5/c1-2-31-21-9-11-22(12-10-21)32-17-25(29)27-20-8-13-24-23(16-20)28(26(30)18-33-24)15-14-19-6-4-3-5-7-19/h3-13,16H,2,14-15,17-18H2,1H3,(H,27,29). The number of carbonyl (C=O) groups excluding carboxylic acids is 2. The largest absolute Gasteiger partial charge is 0.494 e. The number of anilines is 2. The lowest BCUT2D eigenvalue weighted by atomic mass is 10.1. The van der Waals surface area contributed by atoms with Crippen LogP contribution in [0.2, 0.25) is 0 Å². The highest BCUT2D eigenvalue weighted by Crippen LogP contribution is 2.34. The molecule has 0 saturated carbocycles. The maximum absolute atomic E-state index is 12.5. The Balaban J connectivity index is 1.38. The van der Waals surface area contributed by atoms with Gasteiger partial charge >= 0.3 is 0 Å². The Bertz CT molecular complexity index is 1100. The monoisotopic (exact) mass is 446 g/mol. The number of amides is 2. The van der Waals surface area contributed by atoms with Gasteiger partial charge in [-0.2, -0.15) is 0 Å². The smallest absolute Gasteiger partial charge is 0.265 e. The number of fused-ring (bicyclic) bond motifs is 1. The summed E-state index contributed by atoms with van der Waals surface area (Å²) in [5, 5.41) is 2.82. The molecule has 0 atom stereocenters. The van der Waals surface area contributed by atoms with Gasteiger partial charge in [0.15, 0.2) is 13.2 Å². The Kier molecular flexibility index (Phi) is 7.09. The Morgan fingerprint density at radius 1 is 1.00 bits per heavy atom. The predicted molar refractivity (Wildman–Crippen MR) is 126 cm³/mol. The van der Waals surface area contributed by atoms with Gasteiger partial charge in [-0.25, -0.2) is 0 Å². The first-order chi connectivity index (χ1) is 16.1. The number of carbonyl (C=O) groups is 2. The van der Waals surface area contributed by atoms with E-state index in [0.717, 1.165) is 17.7 Å². The second-order valence-electron chi connectivity index (χ2n) is 7.49. The van der Waals surface area contributed by atoms with Crippen molar-refractivity contribution in [3.05, 3.63) is 78.4 Å². The summed E-state index contributed by atoms with van der Waals surface area (Å²) in [6.07, 6.45) is 0.721. The highest BCUT2D eigenvalue weighted by molar-refractivity contribution is 5.99. The van der Waals surface area contributed by atoms with Gasteiger partial charge in [0.2, 0.25) is 0 Å². The van der Waals surface area contributed by atoms with Crippen molar-refractivity contribution in [3.63, 3.8) is 0 Å². The van der Waals surface area contributed by atoms with E-state index in [4.69, 9.17) is 14.2 Å². The summed E-state index contributed by atoms with van der Waals surface area (Å²) in [6, 6.07) is 22.4. The van der Waals surface area contributed by atoms with E-state index < -0.39 is 0 Å². The van der Waals surface area contributed by atoms with Gasteiger partial charge < -0.3 is 24.4 Å². The van der Waals surface area contributed by atoms with E-state index in [1.165, 1.54) is 0 Å². The van der Waals surface area contributed by atoms with Crippen LogP contribution >= 0.6 is 0 Å². The van der Waals surface area contributed by atoms with Crippen LogP contribution in [0.5, 0.6) is 17.2 Å². The molecule has 0 unspecified atom stereocenters. The van der Waals surface area contributed by atoms with Crippen molar-refractivity contribution in [2.45, 2.75) is 13.3 Å². The summed E-state index contributed by atoms with van der Waals surface area (Å²) < 4.78 is 16.5. The van der Waals surface area contributed by atoms with Crippen LogP contribution in [-0.4, -0.2) is 38.2 Å². The van der Waals surface area contributed by atoms with Crippen molar-refractivity contribution in [2.24, 2.45) is 0 Å². The molecule has 0 radical (unpaired) electrons. The van der Waals surface area contributed by atoms with Gasteiger partial charge in [-0.1, -0.05) is 30.3 Å². The average molecular weight is 447 g/mol. The summed E-state index contributed by atoms with van der Waals surface area (Å²) >= 11 is 0. The summed E-state index contributed by atoms with van der Waals surface area (Å²) in [6.45, 7) is 2.89. The zero-order valence-electron chi connectivity index (χ0n) is 18.5. The van der Waals surface area contributed by atoms with Crippen LogP contribution in [0.1, 0.15) is 12.5 Å². The fourth-order valence-electron chi connectivity index (χ4n) is 3.56. The zero-order chi connectivity index (χ0) is 23.0. The van der Waals surface area contributed by atoms with E-state index in [1.807, 2.05) is 37.3 Å². The van der Waals surface area contributed by atoms with Crippen LogP contribution in [0.15, 0.2) is 72.8 Å². The number of ether oxygens (including phenoxy) is 3. The van der Waals surface area contributed by atoms with E-state index >= 15 is 0 Å². The van der Waals surface area contributed by atoms with Gasteiger partial charge in [0.05, 0.1) is 12.3 Å². The third kappa shape index (κ3) is 5.83. The molecular formula is C26H26N2O5. The van der Waals surface area contributed by atoms with E-state index in [9.17, 15) is 9.59 Å². The van der Waals surface area contributed by atoms with Crippen molar-refractivity contribution in [2.75, 3.05) is 36.6 Å². The molecule has 170 valence electrons. The molecule has 1 heterocycles. The minimum Gasteiger partial charge on any atom is -0.494 e. The highest BCUT2D eigenvalue weighted by Gasteiger charge is 2.25. The summed E-state index contributed by atoms with van der Waals surface area (Å²) in [5.74, 6) is 1.52. The molecule has 1 aliphatic rings. The van der Waals surface area contributed by atoms with Crippen molar-refractivity contribution < 1.29 is 23.8 Å². The van der Waals surface area contributed by atoms with Crippen LogP contribution in [0.4, 0.5) is 11.4 Å². The fraction of sp³-hybridized carbons (Fsp3) is 0.231. The van der Waals surface area contributed by atoms with Crippen molar-refractivity contribution in [1.82, 2.24) is 0 Å². The molecule has 3 aromatic rings. The number of nitrogens with one attached hydrogen (secondary N) is 1. The first-order valence-electron chi connectivity index (χ1n) is 10.9. The third-order valence-electron chi connectivity index (χ3n) is 5.16. The summed E-state index contributed by atoms with van der Waals surface area (Å²) in [4.78, 5) is 26.6. The van der Waals surface area contributed by atoms with Gasteiger partial charge in [-0.3, -0.25) is 9.59 Å². The number of hydrogen-bond donors (Lipinski definition) is 1. The Hall–Kier alpha value is -4.00. The van der Waals surface area contributed by atoms with Gasteiger partial charge in [0.25, 0.3) is 11.8 Å². The third-order valence-corrected chi connectivity index (χ3v) is 5.16. The van der Waals surface area contributed by atoms with Gasteiger partial charge in [0.1, 0.15) is 17.2 Å². The molecule has 2 amide bonds. The predicted octanol–water partition coefficient (Wildman–Crippen LogP) is 4.07. The van der Waals surface area contributed by atoms with E-state index in [1.54, 1.807) is 47.4 Å². The van der Waals surface area contributed by atoms with Gasteiger partial charge in [-0.15, -0.1) is 0 Å². The molecule has 0 fully saturated rings. The van der Waals surface area contributed by atoms with Gasteiger partial charge in [0, 0.05) is 12.2 Å². The molecule has 7 nitrogen and oxygen atoms in total. The van der Waals surface area contributed by atoms with E-state index in [0.29, 0.717) is 36.0 Å². The first kappa shape index (κ1) is 22.2. The highest BCUT2D eigenvalue weighted by atomic mass is 16.5. The topological polar surface area (TPSA) is 77.1 Å².